The molecule has 218 valence electrons. The molecule has 0 unspecified atom stereocenters. The second kappa shape index (κ2) is 13.2. The number of carboxylic acid groups (broad SMARTS) is 1. The minimum absolute atomic E-state index is 0.0341. The topological polar surface area (TPSA) is 102 Å². The molecule has 0 saturated heterocycles. The van der Waals surface area contributed by atoms with Crippen molar-refractivity contribution in [3.63, 3.8) is 0 Å². The third-order valence-electron chi connectivity index (χ3n) is 6.20. The van der Waals surface area contributed by atoms with Crippen LogP contribution >= 0.6 is 0 Å². The van der Waals surface area contributed by atoms with E-state index in [2.05, 4.69) is 4.98 Å². The number of benzene rings is 3. The summed E-state index contributed by atoms with van der Waals surface area (Å²) < 4.78 is 65.9. The number of allylic oxidation sites excluding steroid dienone is 2. The number of nitrogens with zero attached hydrogens (tertiary/aromatic N) is 1. The minimum atomic E-state index is -4.98. The van der Waals surface area contributed by atoms with Crippen molar-refractivity contribution in [1.82, 2.24) is 10.3 Å². The molecule has 0 saturated carbocycles. The summed E-state index contributed by atoms with van der Waals surface area (Å²) in [6.07, 6.45) is -4.38. The summed E-state index contributed by atoms with van der Waals surface area (Å²) in [5.74, 6) is -1.48. The van der Waals surface area contributed by atoms with Crippen LogP contribution in [0.2, 0.25) is 0 Å². The van der Waals surface area contributed by atoms with Crippen LogP contribution in [0.15, 0.2) is 95.1 Å². The highest BCUT2D eigenvalue weighted by molar-refractivity contribution is 6.05. The van der Waals surface area contributed by atoms with E-state index in [1.807, 2.05) is 12.2 Å². The molecule has 4 aromatic rings. The van der Waals surface area contributed by atoms with Crippen LogP contribution in [0.5, 0.6) is 5.75 Å². The van der Waals surface area contributed by atoms with Gasteiger partial charge < -0.3 is 19.6 Å². The van der Waals surface area contributed by atoms with Crippen LogP contribution in [0.3, 0.4) is 0 Å². The van der Waals surface area contributed by atoms with Gasteiger partial charge in [0.2, 0.25) is 5.89 Å². The van der Waals surface area contributed by atoms with E-state index < -0.39 is 29.7 Å². The van der Waals surface area contributed by atoms with E-state index in [1.54, 1.807) is 30.3 Å². The van der Waals surface area contributed by atoms with Gasteiger partial charge in [0.25, 0.3) is 0 Å². The van der Waals surface area contributed by atoms with E-state index in [4.69, 9.17) is 9.15 Å². The number of nitrogens with one attached hydrogen (secondary N) is 1. The summed E-state index contributed by atoms with van der Waals surface area (Å²) in [5, 5.41) is 11.6. The summed E-state index contributed by atoms with van der Waals surface area (Å²) in [6.45, 7) is 1.94. The number of ether oxygens (including phenoxy) is 1. The molecule has 11 heteroatoms. The number of carbonyl (C=O) groups is 2. The second-order valence-corrected chi connectivity index (χ2v) is 9.21. The monoisotopic (exact) mass is 582 g/mol. The molecule has 0 radical (unpaired) electrons. The highest BCUT2D eigenvalue weighted by Gasteiger charge is 2.37. The molecule has 0 aliphatic carbocycles. The third-order valence-corrected chi connectivity index (χ3v) is 6.20. The summed E-state index contributed by atoms with van der Waals surface area (Å²) in [5.41, 5.74) is 0.158. The maximum atomic E-state index is 13.7. The Labute approximate surface area is 238 Å². The van der Waals surface area contributed by atoms with Gasteiger partial charge in [-0.1, -0.05) is 49.4 Å². The van der Waals surface area contributed by atoms with Crippen molar-refractivity contribution in [3.8, 4) is 17.2 Å². The first-order valence-electron chi connectivity index (χ1n) is 12.9. The lowest BCUT2D eigenvalue weighted by molar-refractivity contribution is -0.140. The van der Waals surface area contributed by atoms with Gasteiger partial charge >= 0.3 is 12.1 Å². The first-order chi connectivity index (χ1) is 20.0. The number of rotatable bonds is 12. The zero-order valence-corrected chi connectivity index (χ0v) is 22.3. The second-order valence-electron chi connectivity index (χ2n) is 9.21. The maximum absolute atomic E-state index is 13.7. The number of hydrogen-bond donors (Lipinski definition) is 2. The number of aryl methyl sites for hydroxylation is 1. The van der Waals surface area contributed by atoms with Crippen molar-refractivity contribution >= 4 is 11.8 Å². The van der Waals surface area contributed by atoms with E-state index in [0.29, 0.717) is 46.7 Å². The number of aromatic nitrogens is 1. The number of hydrogen-bond acceptors (Lipinski definition) is 6. The molecule has 0 spiro atoms. The van der Waals surface area contributed by atoms with Crippen molar-refractivity contribution in [1.29, 1.82) is 0 Å². The van der Waals surface area contributed by atoms with Crippen LogP contribution in [-0.2, 0) is 24.2 Å². The molecule has 0 bridgehead atoms. The van der Waals surface area contributed by atoms with Gasteiger partial charge in [0.15, 0.2) is 5.78 Å². The molecule has 0 fully saturated rings. The van der Waals surface area contributed by atoms with Crippen LogP contribution in [-0.4, -0.2) is 34.1 Å². The van der Waals surface area contributed by atoms with E-state index in [1.165, 1.54) is 48.5 Å². The summed E-state index contributed by atoms with van der Waals surface area (Å²) in [4.78, 5) is 28.6. The van der Waals surface area contributed by atoms with Gasteiger partial charge in [-0.25, -0.2) is 14.2 Å². The molecular weight excluding hydrogens is 556 g/mol. The van der Waals surface area contributed by atoms with Crippen LogP contribution < -0.4 is 10.1 Å². The SMILES string of the molecule is CCc1oc(-c2ccc(F)cc2)nc1COc1ccc(C[C@H](NC(=CC(=O)c2ccccc2)C(F)(F)F)C(=O)O)cc1. The lowest BCUT2D eigenvalue weighted by atomic mass is 10.0. The zero-order chi connectivity index (χ0) is 30.3. The molecule has 1 heterocycles. The molecule has 2 N–H and O–H groups in total. The third kappa shape index (κ3) is 7.84. The molecule has 1 atom stereocenters. The van der Waals surface area contributed by atoms with Crippen molar-refractivity contribution < 1.29 is 41.4 Å². The fraction of sp³-hybridized carbons (Fsp3) is 0.194. The normalized spacial score (nSPS) is 12.5. The molecular formula is C31H26F4N2O5. The first kappa shape index (κ1) is 30.0. The zero-order valence-electron chi connectivity index (χ0n) is 22.3. The Morgan fingerprint density at radius 3 is 2.29 bits per heavy atom. The molecule has 7 nitrogen and oxygen atoms in total. The first-order valence-corrected chi connectivity index (χ1v) is 12.9. The largest absolute Gasteiger partial charge is 0.487 e. The highest BCUT2D eigenvalue weighted by Crippen LogP contribution is 2.26. The Balaban J connectivity index is 1.42. The quantitative estimate of drug-likeness (QED) is 0.111. The average molecular weight is 583 g/mol. The van der Waals surface area contributed by atoms with Crippen LogP contribution in [0.1, 0.15) is 34.3 Å². The molecule has 4 rings (SSSR count). The van der Waals surface area contributed by atoms with Gasteiger partial charge in [0.05, 0.1) is 0 Å². The Morgan fingerprint density at radius 1 is 1.02 bits per heavy atom. The van der Waals surface area contributed by atoms with Crippen molar-refractivity contribution in [2.24, 2.45) is 0 Å². The van der Waals surface area contributed by atoms with E-state index >= 15 is 0 Å². The summed E-state index contributed by atoms with van der Waals surface area (Å²) in [7, 11) is 0. The molecule has 3 aromatic carbocycles. The Morgan fingerprint density at radius 2 is 1.69 bits per heavy atom. The number of oxazole rings is 1. The maximum Gasteiger partial charge on any atom is 0.431 e. The van der Waals surface area contributed by atoms with Crippen LogP contribution in [0.25, 0.3) is 11.5 Å². The van der Waals surface area contributed by atoms with Gasteiger partial charge in [-0.15, -0.1) is 0 Å². The van der Waals surface area contributed by atoms with E-state index in [-0.39, 0.29) is 24.4 Å². The summed E-state index contributed by atoms with van der Waals surface area (Å²) in [6, 6.07) is 17.6. The number of aliphatic carboxylic acids is 1. The number of ketones is 1. The number of alkyl halides is 3. The van der Waals surface area contributed by atoms with Gasteiger partial charge in [0, 0.05) is 30.0 Å². The Bertz CT molecular complexity index is 1550. The predicted octanol–water partition coefficient (Wildman–Crippen LogP) is 6.54. The molecule has 42 heavy (non-hydrogen) atoms. The van der Waals surface area contributed by atoms with Gasteiger partial charge in [0.1, 0.15) is 41.4 Å². The minimum Gasteiger partial charge on any atom is -0.487 e. The van der Waals surface area contributed by atoms with Crippen molar-refractivity contribution in [2.75, 3.05) is 0 Å². The summed E-state index contributed by atoms with van der Waals surface area (Å²) >= 11 is 0. The van der Waals surface area contributed by atoms with Crippen LogP contribution in [0, 0.1) is 5.82 Å². The average Bonchev–Trinajstić information content (AvgIpc) is 3.39. The van der Waals surface area contributed by atoms with E-state index in [9.17, 15) is 32.3 Å². The Hall–Kier alpha value is -4.93. The van der Waals surface area contributed by atoms with Gasteiger partial charge in [-0.3, -0.25) is 4.79 Å². The number of halogens is 4. The standard InChI is InChI=1S/C31H26F4N2O5/c1-2-27-25(37-29(42-27)21-10-12-22(32)13-11-21)18-41-23-14-8-19(9-15-23)16-24(30(39)40)36-28(31(33,34)35)17-26(38)20-6-4-3-5-7-20/h3-15,17,24,36H,2,16,18H2,1H3,(H,39,40)/t24-/m0/s1. The van der Waals surface area contributed by atoms with Crippen LogP contribution in [0.4, 0.5) is 17.6 Å². The fourth-order valence-corrected chi connectivity index (χ4v) is 4.01. The molecule has 0 aliphatic rings. The molecule has 1 aromatic heterocycles. The van der Waals surface area contributed by atoms with Crippen molar-refractivity contribution in [3.05, 3.63) is 119 Å². The number of carboxylic acids is 1. The van der Waals surface area contributed by atoms with E-state index in [0.717, 1.165) is 0 Å². The number of carbonyl (C=O) groups excluding carboxylic acids is 1. The predicted molar refractivity (Wildman–Crippen MR) is 145 cm³/mol. The Kier molecular flexibility index (Phi) is 9.41. The fourth-order valence-electron chi connectivity index (χ4n) is 4.01. The smallest absolute Gasteiger partial charge is 0.431 e. The molecule has 0 amide bonds. The highest BCUT2D eigenvalue weighted by atomic mass is 19.4. The van der Waals surface area contributed by atoms with Gasteiger partial charge in [-0.05, 0) is 42.0 Å². The lowest BCUT2D eigenvalue weighted by Crippen LogP contribution is -2.42. The van der Waals surface area contributed by atoms with Crippen molar-refractivity contribution in [2.45, 2.75) is 38.6 Å². The van der Waals surface area contributed by atoms with Gasteiger partial charge in [-0.2, -0.15) is 13.2 Å². The molecule has 0 aliphatic heterocycles. The lowest BCUT2D eigenvalue weighted by Gasteiger charge is -2.20.